The van der Waals surface area contributed by atoms with Crippen molar-refractivity contribution in [2.24, 2.45) is 4.99 Å². The molecule has 3 aliphatic rings. The molecule has 9 rings (SSSR count). The van der Waals surface area contributed by atoms with Crippen LogP contribution in [0.2, 0.25) is 0 Å². The van der Waals surface area contributed by atoms with Crippen LogP contribution >= 0.6 is 0 Å². The summed E-state index contributed by atoms with van der Waals surface area (Å²) in [6.45, 7) is 7.06. The summed E-state index contributed by atoms with van der Waals surface area (Å²) in [7, 11) is 0. The monoisotopic (exact) mass is 580 g/mol. The van der Waals surface area contributed by atoms with Gasteiger partial charge in [-0.15, -0.1) is 0 Å². The fourth-order valence-corrected chi connectivity index (χ4v) is 8.29. The van der Waals surface area contributed by atoms with Crippen molar-refractivity contribution in [2.45, 2.75) is 57.4 Å². The maximum Gasteiger partial charge on any atom is 0.0980 e. The van der Waals surface area contributed by atoms with Gasteiger partial charge in [0.1, 0.15) is 0 Å². The zero-order valence-corrected chi connectivity index (χ0v) is 26.2. The van der Waals surface area contributed by atoms with Gasteiger partial charge in [0.15, 0.2) is 0 Å². The fourth-order valence-electron chi connectivity index (χ4n) is 8.29. The maximum absolute atomic E-state index is 5.40. The molecule has 1 aliphatic heterocycles. The molecule has 1 atom stereocenters. The number of hydrogen-bond donors (Lipinski definition) is 0. The van der Waals surface area contributed by atoms with Crippen LogP contribution in [0.5, 0.6) is 0 Å². The summed E-state index contributed by atoms with van der Waals surface area (Å²) in [5, 5.41) is 7.95. The first-order valence-corrected chi connectivity index (χ1v) is 16.4. The lowest BCUT2D eigenvalue weighted by Gasteiger charge is -2.35. The standard InChI is InChI=1S/C43H36N2/c1-42(2)35-21-19-31(37-23-16-29(26-44-37)27-10-6-4-7-11-27)33-17-14-28-15-18-34-32(20-22-36(42)41(34)39(28)40(33)35)38-24-25-43(3,45-38)30-12-8-5-9-13-30/h4,6-7,10-12,14-26H,5,8-9,13H2,1-3H3. The number of aliphatic imine (C=N–C) groups is 1. The van der Waals surface area contributed by atoms with Gasteiger partial charge in [0, 0.05) is 28.3 Å². The molecule has 0 amide bonds. The minimum Gasteiger partial charge on any atom is -0.270 e. The minimum absolute atomic E-state index is 0.143. The Bertz CT molecular complexity index is 2280. The molecule has 0 spiro atoms. The summed E-state index contributed by atoms with van der Waals surface area (Å²) in [6, 6.07) is 33.5. The van der Waals surface area contributed by atoms with E-state index in [-0.39, 0.29) is 11.0 Å². The smallest absolute Gasteiger partial charge is 0.0980 e. The number of pyridine rings is 1. The van der Waals surface area contributed by atoms with Gasteiger partial charge in [-0.3, -0.25) is 9.98 Å². The molecule has 45 heavy (non-hydrogen) atoms. The molecule has 1 unspecified atom stereocenters. The topological polar surface area (TPSA) is 25.2 Å². The average Bonchev–Trinajstić information content (AvgIpc) is 3.50. The zero-order valence-electron chi connectivity index (χ0n) is 26.2. The third kappa shape index (κ3) is 3.88. The van der Waals surface area contributed by atoms with Crippen LogP contribution in [0, 0.1) is 0 Å². The highest BCUT2D eigenvalue weighted by atomic mass is 14.9. The molecule has 0 radical (unpaired) electrons. The number of aromatic nitrogens is 1. The SMILES string of the molecule is CC1(C2=CCCCC2)C=CC(c2ccc3c4c2ccc2ccc5c(-c6ccc(-c7ccccc7)cn6)ccc(c5c24)C3(C)C)=N1. The van der Waals surface area contributed by atoms with Gasteiger partial charge < -0.3 is 0 Å². The van der Waals surface area contributed by atoms with Crippen LogP contribution in [-0.4, -0.2) is 16.2 Å². The number of rotatable bonds is 4. The van der Waals surface area contributed by atoms with Crippen LogP contribution in [0.1, 0.15) is 63.1 Å². The van der Waals surface area contributed by atoms with Crippen molar-refractivity contribution in [3.8, 4) is 22.4 Å². The van der Waals surface area contributed by atoms with Crippen molar-refractivity contribution in [1.29, 1.82) is 0 Å². The van der Waals surface area contributed by atoms with Gasteiger partial charge in [-0.05, 0) is 99.3 Å². The second-order valence-electron chi connectivity index (χ2n) is 13.8. The normalized spacial score (nSPS) is 20.0. The molecule has 0 saturated heterocycles. The second kappa shape index (κ2) is 9.59. The van der Waals surface area contributed by atoms with Crippen molar-refractivity contribution >= 4 is 38.0 Å². The van der Waals surface area contributed by atoms with E-state index in [9.17, 15) is 0 Å². The Morgan fingerprint density at radius 3 is 2.07 bits per heavy atom. The average molecular weight is 581 g/mol. The maximum atomic E-state index is 5.40. The number of hydrogen-bond acceptors (Lipinski definition) is 2. The lowest BCUT2D eigenvalue weighted by atomic mass is 9.68. The van der Waals surface area contributed by atoms with E-state index in [1.807, 2.05) is 6.20 Å². The second-order valence-corrected chi connectivity index (χ2v) is 13.8. The molecule has 2 aliphatic carbocycles. The third-order valence-electron chi connectivity index (χ3n) is 10.8. The van der Waals surface area contributed by atoms with Crippen LogP contribution in [0.3, 0.4) is 0 Å². The van der Waals surface area contributed by atoms with Gasteiger partial charge >= 0.3 is 0 Å². The highest BCUT2D eigenvalue weighted by Crippen LogP contribution is 2.51. The Morgan fingerprint density at radius 2 is 1.38 bits per heavy atom. The summed E-state index contributed by atoms with van der Waals surface area (Å²) in [5.41, 5.74) is 10.7. The molecule has 5 aromatic carbocycles. The quantitative estimate of drug-likeness (QED) is 0.150. The lowest BCUT2D eigenvalue weighted by molar-refractivity contribution is 0.595. The van der Waals surface area contributed by atoms with Crippen molar-refractivity contribution in [3.05, 3.63) is 138 Å². The van der Waals surface area contributed by atoms with E-state index in [1.165, 1.54) is 85.0 Å². The molecular formula is C43H36N2. The van der Waals surface area contributed by atoms with E-state index in [1.54, 1.807) is 0 Å². The lowest BCUT2D eigenvalue weighted by Crippen LogP contribution is -2.23. The summed E-state index contributed by atoms with van der Waals surface area (Å²) in [6.07, 6.45) is 13.9. The van der Waals surface area contributed by atoms with Gasteiger partial charge in [-0.2, -0.15) is 0 Å². The van der Waals surface area contributed by atoms with Gasteiger partial charge in [0.25, 0.3) is 0 Å². The van der Waals surface area contributed by atoms with Crippen LogP contribution in [0.15, 0.2) is 126 Å². The van der Waals surface area contributed by atoms with Crippen LogP contribution in [0.25, 0.3) is 54.7 Å². The Kier molecular flexibility index (Phi) is 5.66. The van der Waals surface area contributed by atoms with E-state index >= 15 is 0 Å². The Balaban J connectivity index is 1.26. The van der Waals surface area contributed by atoms with Crippen LogP contribution in [-0.2, 0) is 5.41 Å². The number of nitrogens with zero attached hydrogens (tertiary/aromatic N) is 2. The molecule has 2 heterocycles. The molecule has 2 nitrogen and oxygen atoms in total. The first kappa shape index (κ1) is 26.6. The zero-order chi connectivity index (χ0) is 30.3. The molecule has 2 heteroatoms. The van der Waals surface area contributed by atoms with Crippen molar-refractivity contribution < 1.29 is 0 Å². The third-order valence-corrected chi connectivity index (χ3v) is 10.8. The first-order valence-electron chi connectivity index (χ1n) is 16.4. The summed E-state index contributed by atoms with van der Waals surface area (Å²) < 4.78 is 0. The highest BCUT2D eigenvalue weighted by molar-refractivity contribution is 6.29. The molecular weight excluding hydrogens is 544 g/mol. The first-order chi connectivity index (χ1) is 21.9. The van der Waals surface area contributed by atoms with Crippen molar-refractivity contribution in [1.82, 2.24) is 4.98 Å². The van der Waals surface area contributed by atoms with Gasteiger partial charge in [-0.25, -0.2) is 0 Å². The van der Waals surface area contributed by atoms with Crippen LogP contribution in [0.4, 0.5) is 0 Å². The Hall–Kier alpha value is -4.82. The molecule has 1 aromatic heterocycles. The predicted molar refractivity (Wildman–Crippen MR) is 190 cm³/mol. The minimum atomic E-state index is -0.230. The summed E-state index contributed by atoms with van der Waals surface area (Å²) >= 11 is 0. The molecule has 6 aromatic rings. The van der Waals surface area contributed by atoms with E-state index in [4.69, 9.17) is 9.98 Å². The summed E-state index contributed by atoms with van der Waals surface area (Å²) in [5.74, 6) is 0. The Morgan fingerprint density at radius 1 is 0.644 bits per heavy atom. The van der Waals surface area contributed by atoms with Crippen molar-refractivity contribution in [2.75, 3.05) is 0 Å². The largest absolute Gasteiger partial charge is 0.270 e. The van der Waals surface area contributed by atoms with Gasteiger partial charge in [-0.1, -0.05) is 111 Å². The van der Waals surface area contributed by atoms with E-state index < -0.39 is 0 Å². The van der Waals surface area contributed by atoms with E-state index in [2.05, 4.69) is 130 Å². The molecule has 0 bridgehead atoms. The fraction of sp³-hybridized carbons (Fsp3) is 0.209. The molecule has 0 saturated carbocycles. The summed E-state index contributed by atoms with van der Waals surface area (Å²) in [4.78, 5) is 10.4. The van der Waals surface area contributed by atoms with Gasteiger partial charge in [0.05, 0.1) is 16.9 Å². The van der Waals surface area contributed by atoms with Crippen LogP contribution < -0.4 is 0 Å². The molecule has 0 fully saturated rings. The Labute approximate surface area is 264 Å². The molecule has 218 valence electrons. The van der Waals surface area contributed by atoms with E-state index in [0.717, 1.165) is 23.4 Å². The predicted octanol–water partition coefficient (Wildman–Crippen LogP) is 11.1. The van der Waals surface area contributed by atoms with E-state index in [0.29, 0.717) is 0 Å². The van der Waals surface area contributed by atoms with Crippen molar-refractivity contribution in [3.63, 3.8) is 0 Å². The molecule has 0 N–H and O–H groups in total. The number of benzene rings is 5. The number of allylic oxidation sites excluding steroid dienone is 2. The highest BCUT2D eigenvalue weighted by Gasteiger charge is 2.35. The van der Waals surface area contributed by atoms with Gasteiger partial charge in [0.2, 0.25) is 0 Å².